The van der Waals surface area contributed by atoms with Crippen LogP contribution in [0.25, 0.3) is 10.9 Å². The molecule has 0 fully saturated rings. The number of unbranched alkanes of at least 4 members (excludes halogenated alkanes) is 1. The molecule has 2 rings (SSSR count). The first-order valence-corrected chi connectivity index (χ1v) is 6.70. The molecule has 0 aliphatic carbocycles. The fourth-order valence-electron chi connectivity index (χ4n) is 2.22. The van der Waals surface area contributed by atoms with Crippen molar-refractivity contribution in [2.75, 3.05) is 6.61 Å². The van der Waals surface area contributed by atoms with Gasteiger partial charge < -0.3 is 9.67 Å². The van der Waals surface area contributed by atoms with Crippen LogP contribution in [-0.2, 0) is 6.54 Å². The number of aliphatic hydroxyl groups is 1. The van der Waals surface area contributed by atoms with Crippen LogP contribution in [0.4, 0.5) is 0 Å². The number of hydrogen-bond acceptors (Lipinski definition) is 3. The first kappa shape index (κ1) is 14.0. The van der Waals surface area contributed by atoms with Gasteiger partial charge in [-0.1, -0.05) is 11.6 Å². The van der Waals surface area contributed by atoms with Gasteiger partial charge in [0.25, 0.3) is 0 Å². The fourth-order valence-corrected chi connectivity index (χ4v) is 2.56. The maximum absolute atomic E-state index is 11.5. The molecule has 0 saturated heterocycles. The second-order valence-corrected chi connectivity index (χ2v) is 5.04. The number of aliphatic hydroxyl groups excluding tert-OH is 1. The van der Waals surface area contributed by atoms with Crippen molar-refractivity contribution in [2.45, 2.75) is 33.2 Å². The second-order valence-electron chi connectivity index (χ2n) is 4.68. The lowest BCUT2D eigenvalue weighted by Gasteiger charge is -2.06. The summed E-state index contributed by atoms with van der Waals surface area (Å²) in [7, 11) is 0. The summed E-state index contributed by atoms with van der Waals surface area (Å²) in [4.78, 5) is 15.6. The summed E-state index contributed by atoms with van der Waals surface area (Å²) in [5.41, 5.74) is 2.37. The van der Waals surface area contributed by atoms with Gasteiger partial charge in [0, 0.05) is 31.7 Å². The zero-order valence-corrected chi connectivity index (χ0v) is 11.9. The molecule has 0 aliphatic heterocycles. The Labute approximate surface area is 117 Å². The van der Waals surface area contributed by atoms with E-state index in [4.69, 9.17) is 16.7 Å². The van der Waals surface area contributed by atoms with Crippen LogP contribution in [0.5, 0.6) is 0 Å². The van der Waals surface area contributed by atoms with Crippen molar-refractivity contribution >= 4 is 28.3 Å². The number of hydrogen-bond donors (Lipinski definition) is 1. The molecular weight excluding hydrogens is 264 g/mol. The van der Waals surface area contributed by atoms with Gasteiger partial charge in [0.15, 0.2) is 5.78 Å². The molecule has 2 aromatic heterocycles. The molecule has 0 unspecified atom stereocenters. The van der Waals surface area contributed by atoms with Gasteiger partial charge in [-0.2, -0.15) is 0 Å². The Morgan fingerprint density at radius 1 is 1.47 bits per heavy atom. The minimum Gasteiger partial charge on any atom is -0.396 e. The lowest BCUT2D eigenvalue weighted by atomic mass is 10.2. The number of halogens is 1. The minimum absolute atomic E-state index is 0.0930. The molecule has 5 heteroatoms. The van der Waals surface area contributed by atoms with Crippen LogP contribution in [0.3, 0.4) is 0 Å². The first-order valence-electron chi connectivity index (χ1n) is 6.32. The summed E-state index contributed by atoms with van der Waals surface area (Å²) in [6, 6.07) is 1.79. The van der Waals surface area contributed by atoms with Crippen LogP contribution in [0.2, 0.25) is 5.15 Å². The van der Waals surface area contributed by atoms with Crippen molar-refractivity contribution in [3.63, 3.8) is 0 Å². The Kier molecular flexibility index (Phi) is 4.22. The van der Waals surface area contributed by atoms with Gasteiger partial charge in [0.05, 0.1) is 5.52 Å². The number of nitrogens with zero attached hydrogens (tertiary/aromatic N) is 2. The van der Waals surface area contributed by atoms with Gasteiger partial charge in [-0.15, -0.1) is 0 Å². The van der Waals surface area contributed by atoms with Crippen molar-refractivity contribution in [1.29, 1.82) is 0 Å². The van der Waals surface area contributed by atoms with Crippen LogP contribution in [0.1, 0.15) is 35.8 Å². The third kappa shape index (κ3) is 2.80. The van der Waals surface area contributed by atoms with Crippen LogP contribution < -0.4 is 0 Å². The molecule has 1 N–H and O–H groups in total. The monoisotopic (exact) mass is 280 g/mol. The third-order valence-electron chi connectivity index (χ3n) is 3.18. The summed E-state index contributed by atoms with van der Waals surface area (Å²) in [6.45, 7) is 4.45. The van der Waals surface area contributed by atoms with Crippen molar-refractivity contribution in [1.82, 2.24) is 9.55 Å². The van der Waals surface area contributed by atoms with Gasteiger partial charge >= 0.3 is 0 Å². The number of rotatable bonds is 5. The van der Waals surface area contributed by atoms with Gasteiger partial charge in [-0.3, -0.25) is 4.79 Å². The van der Waals surface area contributed by atoms with Gasteiger partial charge in [0.2, 0.25) is 0 Å². The van der Waals surface area contributed by atoms with E-state index in [0.29, 0.717) is 10.8 Å². The Hall–Kier alpha value is -1.39. The smallest absolute Gasteiger partial charge is 0.178 e. The molecule has 0 spiro atoms. The highest BCUT2D eigenvalue weighted by Crippen LogP contribution is 2.28. The SMILES string of the molecule is CC(=O)c1cc2c(c(C)cn2CCCCO)c(Cl)n1. The molecule has 0 atom stereocenters. The molecule has 2 aromatic rings. The minimum atomic E-state index is -0.0930. The van der Waals surface area contributed by atoms with Gasteiger partial charge in [0.1, 0.15) is 10.8 Å². The highest BCUT2D eigenvalue weighted by atomic mass is 35.5. The average molecular weight is 281 g/mol. The molecule has 0 radical (unpaired) electrons. The molecule has 2 heterocycles. The lowest BCUT2D eigenvalue weighted by molar-refractivity contribution is 0.101. The number of ketones is 1. The highest BCUT2D eigenvalue weighted by Gasteiger charge is 2.13. The van der Waals surface area contributed by atoms with Crippen LogP contribution >= 0.6 is 11.6 Å². The van der Waals surface area contributed by atoms with E-state index in [1.807, 2.05) is 13.1 Å². The molecule has 0 aromatic carbocycles. The molecule has 0 amide bonds. The Balaban J connectivity index is 2.50. The molecule has 19 heavy (non-hydrogen) atoms. The van der Waals surface area contributed by atoms with E-state index in [1.165, 1.54) is 6.92 Å². The molecule has 102 valence electrons. The highest BCUT2D eigenvalue weighted by molar-refractivity contribution is 6.34. The fraction of sp³-hybridized carbons (Fsp3) is 0.429. The third-order valence-corrected chi connectivity index (χ3v) is 3.45. The topological polar surface area (TPSA) is 55.1 Å². The standard InChI is InChI=1S/C14H17ClN2O2/c1-9-8-17(5-3-4-6-18)12-7-11(10(2)19)16-14(15)13(9)12/h7-8,18H,3-6H2,1-2H3. The Bertz CT molecular complexity index is 619. The zero-order valence-electron chi connectivity index (χ0n) is 11.1. The lowest BCUT2D eigenvalue weighted by Crippen LogP contribution is -2.01. The quantitative estimate of drug-likeness (QED) is 0.520. The molecular formula is C14H17ClN2O2. The normalized spacial score (nSPS) is 11.2. The van der Waals surface area contributed by atoms with E-state index in [0.717, 1.165) is 35.9 Å². The van der Waals surface area contributed by atoms with E-state index < -0.39 is 0 Å². The van der Waals surface area contributed by atoms with Crippen LogP contribution in [0, 0.1) is 6.92 Å². The van der Waals surface area contributed by atoms with Gasteiger partial charge in [-0.05, 0) is 31.4 Å². The second kappa shape index (κ2) is 5.72. The van der Waals surface area contributed by atoms with Crippen molar-refractivity contribution in [3.05, 3.63) is 28.7 Å². The van der Waals surface area contributed by atoms with Crippen molar-refractivity contribution in [3.8, 4) is 0 Å². The number of aromatic nitrogens is 2. The summed E-state index contributed by atoms with van der Waals surface area (Å²) >= 11 is 6.17. The van der Waals surface area contributed by atoms with Crippen molar-refractivity contribution in [2.24, 2.45) is 0 Å². The summed E-state index contributed by atoms with van der Waals surface area (Å²) < 4.78 is 2.07. The predicted molar refractivity (Wildman–Crippen MR) is 75.8 cm³/mol. The number of fused-ring (bicyclic) bond motifs is 1. The summed E-state index contributed by atoms with van der Waals surface area (Å²) in [6.07, 6.45) is 3.66. The number of carbonyl (C=O) groups excluding carboxylic acids is 1. The van der Waals surface area contributed by atoms with E-state index in [1.54, 1.807) is 6.07 Å². The Morgan fingerprint density at radius 2 is 2.21 bits per heavy atom. The van der Waals surface area contributed by atoms with Crippen LogP contribution in [0.15, 0.2) is 12.3 Å². The van der Waals surface area contributed by atoms with Crippen LogP contribution in [-0.4, -0.2) is 27.0 Å². The molecule has 0 aliphatic rings. The van der Waals surface area contributed by atoms with Crippen molar-refractivity contribution < 1.29 is 9.90 Å². The molecule has 4 nitrogen and oxygen atoms in total. The average Bonchev–Trinajstić information content (AvgIpc) is 2.67. The number of aryl methyl sites for hydroxylation is 2. The summed E-state index contributed by atoms with van der Waals surface area (Å²) in [5.74, 6) is -0.0930. The number of carbonyl (C=O) groups is 1. The largest absolute Gasteiger partial charge is 0.396 e. The predicted octanol–water partition coefficient (Wildman–Crippen LogP) is 2.97. The maximum atomic E-state index is 11.5. The first-order chi connectivity index (χ1) is 9.04. The zero-order chi connectivity index (χ0) is 14.0. The van der Waals surface area contributed by atoms with E-state index in [9.17, 15) is 4.79 Å². The van der Waals surface area contributed by atoms with E-state index in [-0.39, 0.29) is 12.4 Å². The van der Waals surface area contributed by atoms with E-state index in [2.05, 4.69) is 9.55 Å². The molecule has 0 bridgehead atoms. The number of Topliss-reactive ketones (excluding diaryl/α,β-unsaturated/α-hetero) is 1. The van der Waals surface area contributed by atoms with Gasteiger partial charge in [-0.25, -0.2) is 4.98 Å². The number of pyridine rings is 1. The maximum Gasteiger partial charge on any atom is 0.178 e. The summed E-state index contributed by atoms with van der Waals surface area (Å²) in [5, 5.41) is 10.1. The Morgan fingerprint density at radius 3 is 2.84 bits per heavy atom. The van der Waals surface area contributed by atoms with E-state index >= 15 is 0 Å². The molecule has 0 saturated carbocycles.